The Kier molecular flexibility index (Phi) is 6.34. The fourth-order valence-electron chi connectivity index (χ4n) is 2.13. The predicted octanol–water partition coefficient (Wildman–Crippen LogP) is 3.67. The molecule has 2 rings (SSSR count). The van der Waals surface area contributed by atoms with Gasteiger partial charge in [0.1, 0.15) is 17.1 Å². The first-order chi connectivity index (χ1) is 12.0. The fraction of sp³-hybridized carbons (Fsp3) is 0.200. The van der Waals surface area contributed by atoms with E-state index in [2.05, 4.69) is 0 Å². The average Bonchev–Trinajstić information content (AvgIpc) is 2.61. The van der Waals surface area contributed by atoms with Crippen LogP contribution in [0.4, 0.5) is 0 Å². The highest BCUT2D eigenvalue weighted by Gasteiger charge is 2.21. The minimum atomic E-state index is -0.634. The van der Waals surface area contributed by atoms with Gasteiger partial charge in [-0.2, -0.15) is 0 Å². The summed E-state index contributed by atoms with van der Waals surface area (Å²) in [6, 6.07) is 16.0. The van der Waals surface area contributed by atoms with E-state index in [1.807, 2.05) is 30.3 Å². The summed E-state index contributed by atoms with van der Waals surface area (Å²) in [6.07, 6.45) is 1.47. The van der Waals surface area contributed by atoms with Crippen molar-refractivity contribution in [3.8, 4) is 11.5 Å². The zero-order valence-electron chi connectivity index (χ0n) is 14.6. The fourth-order valence-corrected chi connectivity index (χ4v) is 2.13. The van der Waals surface area contributed by atoms with Gasteiger partial charge in [-0.15, -0.1) is 0 Å². The van der Waals surface area contributed by atoms with Gasteiger partial charge < -0.3 is 14.4 Å². The molecule has 0 saturated carbocycles. The number of ether oxygens (including phenoxy) is 2. The maximum atomic E-state index is 12.6. The van der Waals surface area contributed by atoms with E-state index in [0.717, 1.165) is 0 Å². The molecule has 0 N–H and O–H groups in total. The second-order valence-electron chi connectivity index (χ2n) is 5.50. The third-order valence-corrected chi connectivity index (χ3v) is 3.22. The van der Waals surface area contributed by atoms with Crippen LogP contribution in [0.5, 0.6) is 11.5 Å². The summed E-state index contributed by atoms with van der Waals surface area (Å²) < 4.78 is 10.7. The summed E-state index contributed by atoms with van der Waals surface area (Å²) >= 11 is 0. The molecule has 5 heteroatoms. The molecule has 2 aromatic rings. The molecule has 0 spiro atoms. The second kappa shape index (κ2) is 8.68. The summed E-state index contributed by atoms with van der Waals surface area (Å²) in [6.45, 7) is 1.91. The third kappa shape index (κ3) is 5.21. The molecule has 0 unspecified atom stereocenters. The van der Waals surface area contributed by atoms with Crippen molar-refractivity contribution in [2.45, 2.75) is 6.92 Å². The maximum absolute atomic E-state index is 12.6. The van der Waals surface area contributed by atoms with Gasteiger partial charge in [0, 0.05) is 25.9 Å². The van der Waals surface area contributed by atoms with Crippen molar-refractivity contribution in [1.82, 2.24) is 4.90 Å². The van der Waals surface area contributed by atoms with E-state index in [9.17, 15) is 9.59 Å². The SMILES string of the molecule is CCOC(=O)/C(=C\N(C)C)C(=O)c1ccc(Oc2ccccc2)cc1. The van der Waals surface area contributed by atoms with Crippen molar-refractivity contribution in [3.05, 3.63) is 71.9 Å². The summed E-state index contributed by atoms with van der Waals surface area (Å²) in [5.41, 5.74) is 0.380. The van der Waals surface area contributed by atoms with Gasteiger partial charge in [-0.05, 0) is 43.3 Å². The minimum absolute atomic E-state index is 0.0106. The summed E-state index contributed by atoms with van der Waals surface area (Å²) in [4.78, 5) is 26.3. The Morgan fingerprint density at radius 2 is 1.56 bits per heavy atom. The zero-order chi connectivity index (χ0) is 18.2. The number of rotatable bonds is 7. The number of hydrogen-bond donors (Lipinski definition) is 0. The summed E-state index contributed by atoms with van der Waals surface area (Å²) in [7, 11) is 3.48. The van der Waals surface area contributed by atoms with Gasteiger partial charge in [0.15, 0.2) is 0 Å². The number of benzene rings is 2. The largest absolute Gasteiger partial charge is 0.462 e. The van der Waals surface area contributed by atoms with Crippen molar-refractivity contribution < 1.29 is 19.1 Å². The average molecular weight is 339 g/mol. The van der Waals surface area contributed by atoms with Crippen LogP contribution in [0.1, 0.15) is 17.3 Å². The lowest BCUT2D eigenvalue weighted by molar-refractivity contribution is -0.138. The van der Waals surface area contributed by atoms with Crippen LogP contribution in [0.2, 0.25) is 0 Å². The van der Waals surface area contributed by atoms with Gasteiger partial charge in [-0.25, -0.2) is 4.79 Å². The van der Waals surface area contributed by atoms with E-state index in [1.54, 1.807) is 50.2 Å². The molecule has 0 bridgehead atoms. The van der Waals surface area contributed by atoms with Crippen LogP contribution in [-0.2, 0) is 9.53 Å². The van der Waals surface area contributed by atoms with Crippen molar-refractivity contribution in [2.24, 2.45) is 0 Å². The standard InChI is InChI=1S/C20H21NO4/c1-4-24-20(23)18(14-21(2)3)19(22)15-10-12-17(13-11-15)25-16-8-6-5-7-9-16/h5-14H,4H2,1-3H3/b18-14-. The first-order valence-corrected chi connectivity index (χ1v) is 7.94. The number of Topliss-reactive ketones (excluding diaryl/α,β-unsaturated/α-hetero) is 1. The number of hydrogen-bond acceptors (Lipinski definition) is 5. The van der Waals surface area contributed by atoms with Crippen LogP contribution in [0, 0.1) is 0 Å². The van der Waals surface area contributed by atoms with Crippen LogP contribution < -0.4 is 4.74 Å². The summed E-state index contributed by atoms with van der Waals surface area (Å²) in [5, 5.41) is 0. The van der Waals surface area contributed by atoms with E-state index >= 15 is 0 Å². The highest BCUT2D eigenvalue weighted by Crippen LogP contribution is 2.22. The molecule has 0 aromatic heterocycles. The van der Waals surface area contributed by atoms with Crippen LogP contribution in [0.3, 0.4) is 0 Å². The van der Waals surface area contributed by atoms with Gasteiger partial charge in [-0.3, -0.25) is 4.79 Å². The van der Waals surface area contributed by atoms with Gasteiger partial charge in [0.2, 0.25) is 5.78 Å². The number of ketones is 1. The molecular weight excluding hydrogens is 318 g/mol. The van der Waals surface area contributed by atoms with Gasteiger partial charge >= 0.3 is 5.97 Å². The molecule has 0 heterocycles. The zero-order valence-corrected chi connectivity index (χ0v) is 14.6. The molecule has 0 aliphatic carbocycles. The number of carbonyl (C=O) groups excluding carboxylic acids is 2. The molecule has 0 saturated heterocycles. The second-order valence-corrected chi connectivity index (χ2v) is 5.50. The molecule has 0 aliphatic rings. The normalized spacial score (nSPS) is 10.9. The highest BCUT2D eigenvalue weighted by atomic mass is 16.5. The molecule has 0 amide bonds. The number of carbonyl (C=O) groups is 2. The molecule has 2 aromatic carbocycles. The monoisotopic (exact) mass is 339 g/mol. The summed E-state index contributed by atoms with van der Waals surface area (Å²) in [5.74, 6) is 0.294. The maximum Gasteiger partial charge on any atom is 0.343 e. The topological polar surface area (TPSA) is 55.8 Å². The first-order valence-electron chi connectivity index (χ1n) is 7.94. The van der Waals surface area contributed by atoms with E-state index in [-0.39, 0.29) is 12.2 Å². The third-order valence-electron chi connectivity index (χ3n) is 3.22. The highest BCUT2D eigenvalue weighted by molar-refractivity contribution is 6.24. The molecular formula is C20H21NO4. The molecule has 130 valence electrons. The molecule has 0 radical (unpaired) electrons. The van der Waals surface area contributed by atoms with Gasteiger partial charge in [0.25, 0.3) is 0 Å². The van der Waals surface area contributed by atoms with Crippen LogP contribution in [0.25, 0.3) is 0 Å². The van der Waals surface area contributed by atoms with E-state index in [4.69, 9.17) is 9.47 Å². The Morgan fingerprint density at radius 3 is 2.12 bits per heavy atom. The van der Waals surface area contributed by atoms with Gasteiger partial charge in [0.05, 0.1) is 6.61 Å². The molecule has 0 aliphatic heterocycles. The van der Waals surface area contributed by atoms with E-state index < -0.39 is 11.8 Å². The van der Waals surface area contributed by atoms with Crippen molar-refractivity contribution >= 4 is 11.8 Å². The lowest BCUT2D eigenvalue weighted by Crippen LogP contribution is -2.19. The number of nitrogens with zero attached hydrogens (tertiary/aromatic N) is 1. The smallest absolute Gasteiger partial charge is 0.343 e. The Morgan fingerprint density at radius 1 is 0.960 bits per heavy atom. The Labute approximate surface area is 147 Å². The number of esters is 1. The molecule has 0 atom stereocenters. The van der Waals surface area contributed by atoms with E-state index in [0.29, 0.717) is 17.1 Å². The molecule has 5 nitrogen and oxygen atoms in total. The Balaban J connectivity index is 2.19. The Hall–Kier alpha value is -3.08. The Bertz CT molecular complexity index is 749. The van der Waals surface area contributed by atoms with Crippen LogP contribution in [-0.4, -0.2) is 37.4 Å². The van der Waals surface area contributed by atoms with E-state index in [1.165, 1.54) is 6.20 Å². The predicted molar refractivity (Wildman–Crippen MR) is 95.7 cm³/mol. The quantitative estimate of drug-likeness (QED) is 0.253. The lowest BCUT2D eigenvalue weighted by Gasteiger charge is -2.11. The van der Waals surface area contributed by atoms with Crippen LogP contribution in [0.15, 0.2) is 66.4 Å². The number of para-hydroxylation sites is 1. The molecule has 0 fully saturated rings. The molecule has 25 heavy (non-hydrogen) atoms. The van der Waals surface area contributed by atoms with Crippen molar-refractivity contribution in [2.75, 3.05) is 20.7 Å². The minimum Gasteiger partial charge on any atom is -0.462 e. The van der Waals surface area contributed by atoms with Gasteiger partial charge in [-0.1, -0.05) is 18.2 Å². The van der Waals surface area contributed by atoms with Crippen LogP contribution >= 0.6 is 0 Å². The lowest BCUT2D eigenvalue weighted by atomic mass is 10.0. The van der Waals surface area contributed by atoms with Crippen molar-refractivity contribution in [3.63, 3.8) is 0 Å². The van der Waals surface area contributed by atoms with Crippen molar-refractivity contribution in [1.29, 1.82) is 0 Å². The first kappa shape index (κ1) is 18.3.